The minimum Gasteiger partial charge on any atom is -0.469 e. The van der Waals surface area contributed by atoms with Crippen LogP contribution in [-0.4, -0.2) is 47.2 Å². The van der Waals surface area contributed by atoms with Gasteiger partial charge < -0.3 is 15.0 Å². The monoisotopic (exact) mass is 467 g/mol. The largest absolute Gasteiger partial charge is 0.469 e. The molecule has 0 aliphatic carbocycles. The quantitative estimate of drug-likeness (QED) is 0.503. The van der Waals surface area contributed by atoms with Gasteiger partial charge in [-0.1, -0.05) is 23.7 Å². The van der Waals surface area contributed by atoms with Crippen LogP contribution in [0.3, 0.4) is 0 Å². The first-order valence-corrected chi connectivity index (χ1v) is 10.9. The highest BCUT2D eigenvalue weighted by Gasteiger charge is 2.26. The topological polar surface area (TPSA) is 91.7 Å². The van der Waals surface area contributed by atoms with Crippen molar-refractivity contribution in [1.29, 1.82) is 0 Å². The van der Waals surface area contributed by atoms with Crippen LogP contribution >= 0.6 is 11.6 Å². The fourth-order valence-electron chi connectivity index (χ4n) is 3.62. The van der Waals surface area contributed by atoms with Gasteiger partial charge in [-0.2, -0.15) is 0 Å². The maximum absolute atomic E-state index is 14.8. The van der Waals surface area contributed by atoms with Gasteiger partial charge in [0.25, 0.3) is 0 Å². The third kappa shape index (κ3) is 5.46. The summed E-state index contributed by atoms with van der Waals surface area (Å²) < 4.78 is 19.6. The molecule has 3 aromatic rings. The Balaban J connectivity index is 1.77. The van der Waals surface area contributed by atoms with Crippen molar-refractivity contribution in [3.05, 3.63) is 82.6 Å². The average Bonchev–Trinajstić information content (AvgIpc) is 3.28. The normalized spacial score (nSPS) is 16.5. The number of H-pyrrole nitrogens is 1. The molecule has 170 valence electrons. The first kappa shape index (κ1) is 22.7. The van der Waals surface area contributed by atoms with Gasteiger partial charge >= 0.3 is 5.97 Å². The summed E-state index contributed by atoms with van der Waals surface area (Å²) in [6, 6.07) is 11.3. The van der Waals surface area contributed by atoms with E-state index in [2.05, 4.69) is 15.3 Å². The van der Waals surface area contributed by atoms with E-state index in [0.717, 1.165) is 5.69 Å². The maximum atomic E-state index is 14.8. The van der Waals surface area contributed by atoms with E-state index in [1.807, 2.05) is 6.07 Å². The summed E-state index contributed by atoms with van der Waals surface area (Å²) in [6.07, 6.45) is 4.53. The molecule has 0 saturated heterocycles. The number of nitrogens with one attached hydrogen (secondary N) is 2. The van der Waals surface area contributed by atoms with Crippen molar-refractivity contribution in [2.24, 2.45) is 9.98 Å². The molecule has 0 bridgehead atoms. The summed E-state index contributed by atoms with van der Waals surface area (Å²) in [7, 11) is 1.35. The smallest absolute Gasteiger partial charge is 0.305 e. The third-order valence-corrected chi connectivity index (χ3v) is 5.53. The highest BCUT2D eigenvalue weighted by molar-refractivity contribution is 6.32. The number of halogens is 2. The van der Waals surface area contributed by atoms with Crippen molar-refractivity contribution in [3.8, 4) is 0 Å². The summed E-state index contributed by atoms with van der Waals surface area (Å²) in [5.41, 5.74) is 3.13. The van der Waals surface area contributed by atoms with Crippen molar-refractivity contribution < 1.29 is 13.9 Å². The Morgan fingerprint density at radius 2 is 2.09 bits per heavy atom. The van der Waals surface area contributed by atoms with Gasteiger partial charge in [-0.25, -0.2) is 9.37 Å². The zero-order valence-electron chi connectivity index (χ0n) is 18.0. The van der Waals surface area contributed by atoms with Gasteiger partial charge in [-0.05, 0) is 36.8 Å². The zero-order chi connectivity index (χ0) is 23.2. The molecule has 0 unspecified atom stereocenters. The van der Waals surface area contributed by atoms with Crippen LogP contribution in [0.15, 0.2) is 65.0 Å². The van der Waals surface area contributed by atoms with Gasteiger partial charge in [-0.3, -0.25) is 14.8 Å². The van der Waals surface area contributed by atoms with Gasteiger partial charge in [0.05, 0.1) is 19.1 Å². The molecule has 2 N–H and O–H groups in total. The number of benzodiazepines with no additional fused rings is 1. The van der Waals surface area contributed by atoms with Crippen molar-refractivity contribution in [2.75, 3.05) is 19.0 Å². The lowest BCUT2D eigenvalue weighted by molar-refractivity contribution is -0.140. The van der Waals surface area contributed by atoms with E-state index in [0.29, 0.717) is 52.8 Å². The van der Waals surface area contributed by atoms with Crippen molar-refractivity contribution in [3.63, 3.8) is 0 Å². The first-order chi connectivity index (χ1) is 16.0. The van der Waals surface area contributed by atoms with Crippen LogP contribution in [0.4, 0.5) is 10.1 Å². The highest BCUT2D eigenvalue weighted by Crippen LogP contribution is 2.29. The lowest BCUT2D eigenvalue weighted by Crippen LogP contribution is -2.27. The fourth-order valence-corrected chi connectivity index (χ4v) is 3.79. The van der Waals surface area contributed by atoms with Crippen LogP contribution in [0, 0.1) is 5.82 Å². The van der Waals surface area contributed by atoms with E-state index >= 15 is 0 Å². The number of carbonyl (C=O) groups excluding carboxylic acids is 1. The Morgan fingerprint density at radius 3 is 2.85 bits per heavy atom. The zero-order valence-corrected chi connectivity index (χ0v) is 18.8. The van der Waals surface area contributed by atoms with Crippen molar-refractivity contribution in [2.45, 2.75) is 25.3 Å². The molecule has 0 fully saturated rings. The number of fused-ring (bicyclic) bond motifs is 1. The molecule has 1 aromatic heterocycles. The van der Waals surface area contributed by atoms with Crippen LogP contribution in [0.1, 0.15) is 29.7 Å². The van der Waals surface area contributed by atoms with Gasteiger partial charge in [0, 0.05) is 53.1 Å². The maximum Gasteiger partial charge on any atom is 0.305 e. The van der Waals surface area contributed by atoms with Gasteiger partial charge in [0.15, 0.2) is 0 Å². The first-order valence-electron chi connectivity index (χ1n) is 10.5. The number of aromatic nitrogens is 2. The number of esters is 1. The average molecular weight is 468 g/mol. The number of amidine groups is 1. The van der Waals surface area contributed by atoms with Crippen molar-refractivity contribution >= 4 is 34.8 Å². The SMILES string of the molecule is COC(=O)CC[C@@H]1N=C(c2ccccc2F)c2cc(Cl)ccc2NC1=NCCc1cnc[nH]1. The van der Waals surface area contributed by atoms with Crippen LogP contribution in [-0.2, 0) is 16.0 Å². The number of hydrogen-bond donors (Lipinski definition) is 2. The molecular weight excluding hydrogens is 445 g/mol. The molecule has 0 spiro atoms. The molecule has 1 atom stereocenters. The Labute approximate surface area is 195 Å². The molecular formula is C24H23ClFN5O2. The molecule has 0 radical (unpaired) electrons. The van der Waals surface area contributed by atoms with Gasteiger partial charge in [0.2, 0.25) is 0 Å². The van der Waals surface area contributed by atoms with Crippen LogP contribution in [0.25, 0.3) is 0 Å². The fraction of sp³-hybridized carbons (Fsp3) is 0.250. The third-order valence-electron chi connectivity index (χ3n) is 5.30. The second-order valence-corrected chi connectivity index (χ2v) is 7.93. The molecule has 2 aromatic carbocycles. The van der Waals surface area contributed by atoms with Crippen LogP contribution in [0.2, 0.25) is 5.02 Å². The molecule has 1 aliphatic heterocycles. The number of nitrogens with zero attached hydrogens (tertiary/aromatic N) is 3. The van der Waals surface area contributed by atoms with E-state index in [-0.39, 0.29) is 12.4 Å². The molecule has 2 heterocycles. The number of hydrogen-bond acceptors (Lipinski definition) is 5. The number of carbonyl (C=O) groups is 1. The Bertz CT molecular complexity index is 1190. The number of ether oxygens (including phenoxy) is 1. The van der Waals surface area contributed by atoms with E-state index in [1.165, 1.54) is 13.2 Å². The number of aromatic amines is 1. The second kappa shape index (κ2) is 10.4. The molecule has 1 aliphatic rings. The number of aliphatic imine (C=N–C) groups is 2. The van der Waals surface area contributed by atoms with Gasteiger partial charge in [0.1, 0.15) is 17.7 Å². The van der Waals surface area contributed by atoms with Gasteiger partial charge in [-0.15, -0.1) is 0 Å². The lowest BCUT2D eigenvalue weighted by atomic mass is 10.00. The van der Waals surface area contributed by atoms with Crippen LogP contribution < -0.4 is 5.32 Å². The molecule has 0 amide bonds. The summed E-state index contributed by atoms with van der Waals surface area (Å²) in [4.78, 5) is 28.6. The summed E-state index contributed by atoms with van der Waals surface area (Å²) in [5.74, 6) is -0.152. The molecule has 7 nitrogen and oxygen atoms in total. The van der Waals surface area contributed by atoms with E-state index in [1.54, 1.807) is 42.9 Å². The number of rotatable bonds is 7. The number of methoxy groups -OCH3 is 1. The van der Waals surface area contributed by atoms with E-state index < -0.39 is 11.9 Å². The predicted octanol–water partition coefficient (Wildman–Crippen LogP) is 4.43. The minimum atomic E-state index is -0.508. The van der Waals surface area contributed by atoms with E-state index in [9.17, 15) is 9.18 Å². The highest BCUT2D eigenvalue weighted by atomic mass is 35.5. The Kier molecular flexibility index (Phi) is 7.14. The van der Waals surface area contributed by atoms with Crippen molar-refractivity contribution in [1.82, 2.24) is 9.97 Å². The van der Waals surface area contributed by atoms with E-state index in [4.69, 9.17) is 26.3 Å². The minimum absolute atomic E-state index is 0.146. The predicted molar refractivity (Wildman–Crippen MR) is 127 cm³/mol. The Hall–Kier alpha value is -3.52. The second-order valence-electron chi connectivity index (χ2n) is 7.50. The molecule has 33 heavy (non-hydrogen) atoms. The summed E-state index contributed by atoms with van der Waals surface area (Å²) in [6.45, 7) is 0.479. The number of benzene rings is 2. The molecule has 0 saturated carbocycles. The standard InChI is InChI=1S/C24H23ClFN5O2/c1-33-22(32)9-8-21-24(28-11-10-16-13-27-14-29-16)31-20-7-6-15(25)12-18(20)23(30-21)17-4-2-3-5-19(17)26/h2-7,12-14,21H,8-11H2,1H3,(H,27,29)(H,28,31)/t21-/m0/s1. The van der Waals surface area contributed by atoms with Crippen LogP contribution in [0.5, 0.6) is 0 Å². The summed E-state index contributed by atoms with van der Waals surface area (Å²) in [5, 5.41) is 3.86. The Morgan fingerprint density at radius 1 is 1.24 bits per heavy atom. The summed E-state index contributed by atoms with van der Waals surface area (Å²) >= 11 is 6.28. The number of anilines is 1. The molecule has 9 heteroatoms. The lowest BCUT2D eigenvalue weighted by Gasteiger charge is -2.15. The molecule has 4 rings (SSSR count). The number of imidazole rings is 1.